The molecule has 5 aromatic rings. The number of carbonyl (C=O) groups is 5. The molecule has 5 atom stereocenters. The Labute approximate surface area is 369 Å². The first-order valence-corrected chi connectivity index (χ1v) is 18.5. The zero-order chi connectivity index (χ0) is 49.1. The lowest BCUT2D eigenvalue weighted by atomic mass is 9.91. The van der Waals surface area contributed by atoms with Crippen LogP contribution in [0.4, 0.5) is 0 Å². The molecule has 67 heavy (non-hydrogen) atoms. The van der Waals surface area contributed by atoms with Crippen LogP contribution in [0.2, 0.25) is 0 Å². The molecule has 350 valence electrons. The second-order valence-electron chi connectivity index (χ2n) is 14.3. The minimum Gasteiger partial charge on any atom is -0.504 e. The minimum atomic E-state index is -2.57. The van der Waals surface area contributed by atoms with Crippen LogP contribution < -0.4 is 0 Å². The lowest BCUT2D eigenvalue weighted by molar-refractivity contribution is -0.282. The Morgan fingerprint density at radius 1 is 0.433 bits per heavy atom. The minimum absolute atomic E-state index is 0.362. The summed E-state index contributed by atoms with van der Waals surface area (Å²) in [5, 5.41) is 155. The highest BCUT2D eigenvalue weighted by Crippen LogP contribution is 2.53. The number of rotatable bonds is 6. The van der Waals surface area contributed by atoms with Crippen molar-refractivity contribution in [3.8, 4) is 97.4 Å². The van der Waals surface area contributed by atoms with Gasteiger partial charge in [0.15, 0.2) is 87.0 Å². The van der Waals surface area contributed by atoms with Crippen LogP contribution in [0, 0.1) is 0 Å². The number of cyclic esters (lactones) is 1. The van der Waals surface area contributed by atoms with Crippen LogP contribution in [0.5, 0.6) is 86.2 Å². The largest absolute Gasteiger partial charge is 0.504 e. The average Bonchev–Trinajstić information content (AvgIpc) is 3.27. The van der Waals surface area contributed by atoms with Gasteiger partial charge in [0.1, 0.15) is 12.7 Å². The van der Waals surface area contributed by atoms with E-state index in [0.717, 1.165) is 0 Å². The van der Waals surface area contributed by atoms with Gasteiger partial charge in [0.2, 0.25) is 23.9 Å². The summed E-state index contributed by atoms with van der Waals surface area (Å²) in [5.74, 6) is -26.7. The van der Waals surface area contributed by atoms with Crippen molar-refractivity contribution >= 4 is 29.8 Å². The lowest BCUT2D eigenvalue weighted by Gasteiger charge is -2.44. The predicted octanol–water partition coefficient (Wildman–Crippen LogP) is 1.67. The fraction of sp³-hybridized carbons (Fsp3) is 0.146. The maximum absolute atomic E-state index is 14.6. The predicted molar refractivity (Wildman–Crippen MR) is 208 cm³/mol. The molecule has 26 nitrogen and oxygen atoms in total. The molecule has 0 amide bonds. The van der Waals surface area contributed by atoms with Gasteiger partial charge in [-0.15, -0.1) is 0 Å². The Balaban J connectivity index is 1.46. The second-order valence-corrected chi connectivity index (χ2v) is 14.3. The number of phenols is 15. The molecule has 2 aliphatic rings. The van der Waals surface area contributed by atoms with Crippen molar-refractivity contribution in [2.75, 3.05) is 6.61 Å². The van der Waals surface area contributed by atoms with Gasteiger partial charge >= 0.3 is 29.8 Å². The molecule has 1 saturated heterocycles. The molecule has 15 N–H and O–H groups in total. The average molecular weight is 939 g/mol. The van der Waals surface area contributed by atoms with Gasteiger partial charge in [-0.05, 0) is 48.5 Å². The number of benzene rings is 5. The van der Waals surface area contributed by atoms with Gasteiger partial charge in [0, 0.05) is 11.1 Å². The lowest BCUT2D eigenvalue weighted by Crippen LogP contribution is -2.63. The maximum atomic E-state index is 14.6. The summed E-state index contributed by atoms with van der Waals surface area (Å²) in [7, 11) is 0. The van der Waals surface area contributed by atoms with E-state index in [0.29, 0.717) is 48.5 Å². The zero-order valence-corrected chi connectivity index (χ0v) is 32.9. The Bertz CT molecular complexity index is 2870. The summed E-state index contributed by atoms with van der Waals surface area (Å²) < 4.78 is 33.5. The quantitative estimate of drug-likeness (QED) is 0.0654. The van der Waals surface area contributed by atoms with E-state index in [-0.39, 0.29) is 0 Å². The molecular formula is C41H30O26. The number of esters is 5. The van der Waals surface area contributed by atoms with Gasteiger partial charge in [0.05, 0.1) is 27.8 Å². The first kappa shape index (κ1) is 45.4. The van der Waals surface area contributed by atoms with Crippen molar-refractivity contribution < 1.29 is 129 Å². The molecule has 1 fully saturated rings. The molecular weight excluding hydrogens is 908 g/mol. The van der Waals surface area contributed by atoms with Crippen molar-refractivity contribution in [1.82, 2.24) is 0 Å². The van der Waals surface area contributed by atoms with E-state index in [4.69, 9.17) is 28.4 Å². The fourth-order valence-corrected chi connectivity index (χ4v) is 6.77. The number of aromatic hydroxyl groups is 15. The SMILES string of the molecule is O=C(OC1C2OC(=O)c3cc(O)c(O)c(O)c3-c3c(cc(O)c(O)c3O)C(=O)OCC(O[C@H]1OC(=O)c1cc(O)c(O)c(O)c1)[C@H]2OC(=O)c1cc(O)c(O)c(O)c1)c1cc(O)c(O)c(O)c1. The normalized spacial score (nSPS) is 19.0. The molecule has 0 radical (unpaired) electrons. The molecule has 2 aliphatic heterocycles. The molecule has 2 bridgehead atoms. The molecule has 2 heterocycles. The number of ether oxygens (including phenoxy) is 6. The second kappa shape index (κ2) is 16.8. The Hall–Kier alpha value is -9.59. The number of fused-ring (bicyclic) bond motifs is 5. The number of carbonyl (C=O) groups excluding carboxylic acids is 5. The standard InChI is InChI=1S/C41H30O26/c42-15-1-10(2-16(43)26(15)50)36(57)64-33-23-9-62-39(60)13-7-21(48)29(53)31(55)24(13)25-14(8-22(49)30(54)32(25)56)40(61)65-34(33)35(66-37(58)11-3-17(44)27(51)18(45)4-11)41(63-23)67-38(59)12-5-19(46)28(52)20(47)6-12/h1-8,23,33-35,41-56H,9H2/t23?,33-,34?,35?,41+/m1/s1. The van der Waals surface area contributed by atoms with E-state index in [1.54, 1.807) is 0 Å². The van der Waals surface area contributed by atoms with Gasteiger partial charge in [-0.2, -0.15) is 0 Å². The highest BCUT2D eigenvalue weighted by atomic mass is 16.7. The fourth-order valence-electron chi connectivity index (χ4n) is 6.77. The van der Waals surface area contributed by atoms with Crippen molar-refractivity contribution in [2.24, 2.45) is 0 Å². The first-order valence-electron chi connectivity index (χ1n) is 18.5. The summed E-state index contributed by atoms with van der Waals surface area (Å²) in [4.78, 5) is 69.9. The van der Waals surface area contributed by atoms with Gasteiger partial charge in [0.25, 0.3) is 0 Å². The van der Waals surface area contributed by atoms with Crippen LogP contribution in [0.25, 0.3) is 11.1 Å². The van der Waals surface area contributed by atoms with E-state index in [2.05, 4.69) is 0 Å². The number of hydrogen-bond acceptors (Lipinski definition) is 26. The Morgan fingerprint density at radius 3 is 1.18 bits per heavy atom. The maximum Gasteiger partial charge on any atom is 0.340 e. The van der Waals surface area contributed by atoms with Gasteiger partial charge in [-0.1, -0.05) is 0 Å². The molecule has 0 aromatic heterocycles. The van der Waals surface area contributed by atoms with Crippen LogP contribution in [-0.4, -0.2) is 144 Å². The van der Waals surface area contributed by atoms with E-state index >= 15 is 0 Å². The molecule has 7 rings (SSSR count). The van der Waals surface area contributed by atoms with Gasteiger partial charge in [-0.25, -0.2) is 24.0 Å². The van der Waals surface area contributed by atoms with Crippen LogP contribution in [0.15, 0.2) is 48.5 Å². The summed E-state index contributed by atoms with van der Waals surface area (Å²) in [5.41, 5.74) is -6.78. The summed E-state index contributed by atoms with van der Waals surface area (Å²) in [6, 6.07) is 4.12. The van der Waals surface area contributed by atoms with Crippen molar-refractivity contribution in [1.29, 1.82) is 0 Å². The van der Waals surface area contributed by atoms with Crippen LogP contribution in [-0.2, 0) is 28.4 Å². The molecule has 0 aliphatic carbocycles. The van der Waals surface area contributed by atoms with Crippen LogP contribution in [0.3, 0.4) is 0 Å². The van der Waals surface area contributed by atoms with E-state index in [1.807, 2.05) is 0 Å². The summed E-state index contributed by atoms with van der Waals surface area (Å²) in [6.07, 6.45) is -12.3. The van der Waals surface area contributed by atoms with Gasteiger partial charge in [-0.3, -0.25) is 0 Å². The molecule has 0 spiro atoms. The molecule has 0 saturated carbocycles. The summed E-state index contributed by atoms with van der Waals surface area (Å²) >= 11 is 0. The Morgan fingerprint density at radius 2 is 0.776 bits per heavy atom. The van der Waals surface area contributed by atoms with E-state index in [9.17, 15) is 101 Å². The van der Waals surface area contributed by atoms with Crippen LogP contribution >= 0.6 is 0 Å². The number of hydrogen-bond donors (Lipinski definition) is 15. The van der Waals surface area contributed by atoms with Crippen LogP contribution in [0.1, 0.15) is 51.8 Å². The number of phenolic OH excluding ortho intramolecular Hbond substituents is 15. The van der Waals surface area contributed by atoms with Crippen molar-refractivity contribution in [2.45, 2.75) is 30.7 Å². The third kappa shape index (κ3) is 8.12. The topological polar surface area (TPSA) is 444 Å². The Kier molecular flexibility index (Phi) is 11.4. The molecule has 26 heteroatoms. The van der Waals surface area contributed by atoms with Gasteiger partial charge < -0.3 is 105 Å². The third-order valence-electron chi connectivity index (χ3n) is 10.0. The third-order valence-corrected chi connectivity index (χ3v) is 10.0. The van der Waals surface area contributed by atoms with Crippen molar-refractivity contribution in [3.63, 3.8) is 0 Å². The first-order chi connectivity index (χ1) is 31.5. The monoisotopic (exact) mass is 938 g/mol. The van der Waals surface area contributed by atoms with E-state index in [1.165, 1.54) is 0 Å². The highest BCUT2D eigenvalue weighted by molar-refractivity contribution is 6.08. The molecule has 5 aromatic carbocycles. The zero-order valence-electron chi connectivity index (χ0n) is 32.9. The summed E-state index contributed by atoms with van der Waals surface area (Å²) in [6.45, 7) is -1.28. The van der Waals surface area contributed by atoms with E-state index < -0.39 is 192 Å². The van der Waals surface area contributed by atoms with Crippen molar-refractivity contribution in [3.05, 3.63) is 76.3 Å². The molecule has 3 unspecified atom stereocenters. The smallest absolute Gasteiger partial charge is 0.340 e. The highest BCUT2D eigenvalue weighted by Gasteiger charge is 2.55.